The van der Waals surface area contributed by atoms with Crippen molar-refractivity contribution in [2.24, 2.45) is 11.7 Å². The third kappa shape index (κ3) is 5.02. The Morgan fingerprint density at radius 1 is 1.33 bits per heavy atom. The summed E-state index contributed by atoms with van der Waals surface area (Å²) in [6.07, 6.45) is 0. The minimum atomic E-state index is -0.880. The third-order valence-electron chi connectivity index (χ3n) is 3.25. The van der Waals surface area contributed by atoms with Crippen LogP contribution in [0.3, 0.4) is 0 Å². The molecule has 1 aromatic rings. The van der Waals surface area contributed by atoms with Gasteiger partial charge in [0.1, 0.15) is 5.54 Å². The van der Waals surface area contributed by atoms with Gasteiger partial charge in [0.2, 0.25) is 5.91 Å². The highest BCUT2D eigenvalue weighted by Crippen LogP contribution is 2.27. The Labute approximate surface area is 131 Å². The number of hydrogen-bond acceptors (Lipinski definition) is 4. The van der Waals surface area contributed by atoms with Crippen molar-refractivity contribution in [2.45, 2.75) is 32.4 Å². The normalized spacial score (nSPS) is 15.7. The number of primary amides is 1. The van der Waals surface area contributed by atoms with Crippen LogP contribution in [0.2, 0.25) is 0 Å². The van der Waals surface area contributed by atoms with Gasteiger partial charge in [-0.3, -0.25) is 10.1 Å². The zero-order valence-electron chi connectivity index (χ0n) is 13.0. The lowest BCUT2D eigenvalue weighted by Crippen LogP contribution is -2.57. The number of amides is 1. The monoisotopic (exact) mass is 310 g/mol. The van der Waals surface area contributed by atoms with Crippen LogP contribution in [-0.4, -0.2) is 35.2 Å². The van der Waals surface area contributed by atoms with E-state index in [9.17, 15) is 4.79 Å². The van der Waals surface area contributed by atoms with E-state index < -0.39 is 5.54 Å². The molecule has 0 aliphatic carbocycles. The second-order valence-corrected chi connectivity index (χ2v) is 6.77. The van der Waals surface area contributed by atoms with Gasteiger partial charge in [-0.25, -0.2) is 0 Å². The molecule has 1 aromatic carbocycles. The summed E-state index contributed by atoms with van der Waals surface area (Å²) in [5, 5.41) is 12.5. The van der Waals surface area contributed by atoms with E-state index in [4.69, 9.17) is 10.8 Å². The lowest BCUT2D eigenvalue weighted by Gasteiger charge is -2.34. The molecule has 5 heteroatoms. The summed E-state index contributed by atoms with van der Waals surface area (Å²) in [5.41, 5.74) is 5.74. The molecule has 0 radical (unpaired) electrons. The van der Waals surface area contributed by atoms with Crippen molar-refractivity contribution in [3.8, 4) is 0 Å². The van der Waals surface area contributed by atoms with E-state index in [1.807, 2.05) is 51.1 Å². The topological polar surface area (TPSA) is 75.3 Å². The molecule has 1 amide bonds. The molecule has 2 atom stereocenters. The molecule has 0 bridgehead atoms. The van der Waals surface area contributed by atoms with Gasteiger partial charge in [-0.05, 0) is 31.1 Å². The molecule has 0 saturated carbocycles. The molecule has 0 aliphatic rings. The standard InChI is InChI=1S/C16H26N2O2S/c1-12(2)18-16(15(17)20,11-21-10-13(3)9-19)14-7-5-4-6-8-14/h4-8,12-13,18-19H,9-11H2,1-3H3,(H2,17,20). The maximum absolute atomic E-state index is 12.2. The Morgan fingerprint density at radius 2 is 1.95 bits per heavy atom. The molecule has 0 spiro atoms. The molecule has 0 aromatic heterocycles. The fourth-order valence-corrected chi connectivity index (χ4v) is 3.50. The molecular weight excluding hydrogens is 284 g/mol. The first-order valence-electron chi connectivity index (χ1n) is 7.24. The van der Waals surface area contributed by atoms with E-state index in [1.54, 1.807) is 11.8 Å². The van der Waals surface area contributed by atoms with E-state index in [-0.39, 0.29) is 24.5 Å². The van der Waals surface area contributed by atoms with E-state index in [0.717, 1.165) is 11.3 Å². The lowest BCUT2D eigenvalue weighted by molar-refractivity contribution is -0.124. The van der Waals surface area contributed by atoms with Crippen LogP contribution in [0.1, 0.15) is 26.3 Å². The number of rotatable bonds is 9. The number of nitrogens with two attached hydrogens (primary N) is 1. The van der Waals surface area contributed by atoms with Crippen molar-refractivity contribution in [2.75, 3.05) is 18.1 Å². The summed E-state index contributed by atoms with van der Waals surface area (Å²) in [7, 11) is 0. The van der Waals surface area contributed by atoms with Crippen LogP contribution in [-0.2, 0) is 10.3 Å². The summed E-state index contributed by atoms with van der Waals surface area (Å²) in [6, 6.07) is 9.73. The van der Waals surface area contributed by atoms with Crippen LogP contribution in [0, 0.1) is 5.92 Å². The van der Waals surface area contributed by atoms with Gasteiger partial charge in [0.25, 0.3) is 0 Å². The largest absolute Gasteiger partial charge is 0.396 e. The van der Waals surface area contributed by atoms with Crippen LogP contribution >= 0.6 is 11.8 Å². The van der Waals surface area contributed by atoms with Crippen molar-refractivity contribution in [1.29, 1.82) is 0 Å². The molecule has 2 unspecified atom stereocenters. The van der Waals surface area contributed by atoms with Crippen molar-refractivity contribution >= 4 is 17.7 Å². The van der Waals surface area contributed by atoms with Crippen LogP contribution in [0.15, 0.2) is 30.3 Å². The number of nitrogens with one attached hydrogen (secondary N) is 1. The van der Waals surface area contributed by atoms with Crippen LogP contribution in [0.5, 0.6) is 0 Å². The summed E-state index contributed by atoms with van der Waals surface area (Å²) in [4.78, 5) is 12.2. The Hall–Kier alpha value is -1.04. The molecule has 118 valence electrons. The van der Waals surface area contributed by atoms with Crippen molar-refractivity contribution in [3.63, 3.8) is 0 Å². The minimum absolute atomic E-state index is 0.133. The molecule has 0 aliphatic heterocycles. The van der Waals surface area contributed by atoms with E-state index in [2.05, 4.69) is 5.32 Å². The van der Waals surface area contributed by atoms with Gasteiger partial charge in [0.15, 0.2) is 0 Å². The summed E-state index contributed by atoms with van der Waals surface area (Å²) in [5.74, 6) is 1.18. The SMILES string of the molecule is CC(CO)CSCC(NC(C)C)(C(N)=O)c1ccccc1. The second kappa shape index (κ2) is 8.41. The highest BCUT2D eigenvalue weighted by molar-refractivity contribution is 7.99. The first kappa shape index (κ1) is 18.0. The van der Waals surface area contributed by atoms with Gasteiger partial charge < -0.3 is 10.8 Å². The van der Waals surface area contributed by atoms with E-state index in [1.165, 1.54) is 0 Å². The first-order chi connectivity index (χ1) is 9.92. The highest BCUT2D eigenvalue weighted by atomic mass is 32.2. The maximum Gasteiger partial charge on any atom is 0.243 e. The average Bonchev–Trinajstić information content (AvgIpc) is 2.46. The quantitative estimate of drug-likeness (QED) is 0.649. The lowest BCUT2D eigenvalue weighted by atomic mass is 9.90. The Morgan fingerprint density at radius 3 is 2.43 bits per heavy atom. The predicted octanol–water partition coefficient (Wildman–Crippen LogP) is 1.73. The van der Waals surface area contributed by atoms with Gasteiger partial charge in [0.05, 0.1) is 0 Å². The van der Waals surface area contributed by atoms with E-state index >= 15 is 0 Å². The number of thioether (sulfide) groups is 1. The Bertz CT molecular complexity index is 439. The number of aliphatic hydroxyl groups excluding tert-OH is 1. The predicted molar refractivity (Wildman–Crippen MR) is 89.2 cm³/mol. The second-order valence-electron chi connectivity index (χ2n) is 5.74. The molecule has 0 saturated heterocycles. The fraction of sp³-hybridized carbons (Fsp3) is 0.562. The molecule has 1 rings (SSSR count). The van der Waals surface area contributed by atoms with Gasteiger partial charge in [0, 0.05) is 18.4 Å². The van der Waals surface area contributed by atoms with Crippen molar-refractivity contribution in [1.82, 2.24) is 5.32 Å². The van der Waals surface area contributed by atoms with Gasteiger partial charge in [-0.2, -0.15) is 11.8 Å². The molecule has 21 heavy (non-hydrogen) atoms. The Balaban J connectivity index is 2.99. The van der Waals surface area contributed by atoms with E-state index in [0.29, 0.717) is 5.75 Å². The minimum Gasteiger partial charge on any atom is -0.396 e. The third-order valence-corrected chi connectivity index (χ3v) is 4.70. The molecular formula is C16H26N2O2S. The molecule has 4 nitrogen and oxygen atoms in total. The average molecular weight is 310 g/mol. The van der Waals surface area contributed by atoms with Crippen LogP contribution in [0.4, 0.5) is 0 Å². The fourth-order valence-electron chi connectivity index (χ4n) is 2.17. The number of carbonyl (C=O) groups excluding carboxylic acids is 1. The van der Waals surface area contributed by atoms with Crippen LogP contribution < -0.4 is 11.1 Å². The highest BCUT2D eigenvalue weighted by Gasteiger charge is 2.38. The van der Waals surface area contributed by atoms with Crippen LogP contribution in [0.25, 0.3) is 0 Å². The summed E-state index contributed by atoms with van der Waals surface area (Å²) in [6.45, 7) is 6.14. The molecule has 4 N–H and O–H groups in total. The van der Waals surface area contributed by atoms with Gasteiger partial charge in [-0.15, -0.1) is 0 Å². The first-order valence-corrected chi connectivity index (χ1v) is 8.39. The maximum atomic E-state index is 12.2. The number of carbonyl (C=O) groups is 1. The van der Waals surface area contributed by atoms with Crippen molar-refractivity contribution in [3.05, 3.63) is 35.9 Å². The van der Waals surface area contributed by atoms with Crippen molar-refractivity contribution < 1.29 is 9.90 Å². The summed E-state index contributed by atoms with van der Waals surface area (Å²) >= 11 is 1.63. The summed E-state index contributed by atoms with van der Waals surface area (Å²) < 4.78 is 0. The zero-order valence-corrected chi connectivity index (χ0v) is 13.8. The smallest absolute Gasteiger partial charge is 0.243 e. The number of benzene rings is 1. The molecule has 0 heterocycles. The Kier molecular flexibility index (Phi) is 7.22. The molecule has 0 fully saturated rings. The van der Waals surface area contributed by atoms with Gasteiger partial charge >= 0.3 is 0 Å². The zero-order chi connectivity index (χ0) is 15.9. The number of aliphatic hydroxyl groups is 1. The van der Waals surface area contributed by atoms with Gasteiger partial charge in [-0.1, -0.05) is 37.3 Å². The number of hydrogen-bond donors (Lipinski definition) is 3.